The number of nitrogens with two attached hydrogens (primary N) is 1. The molecule has 2 aromatic rings. The van der Waals surface area contributed by atoms with E-state index in [4.69, 9.17) is 17.3 Å². The Labute approximate surface area is 109 Å². The number of aromatic nitrogens is 2. The molecule has 0 saturated carbocycles. The minimum atomic E-state index is -0.277. The van der Waals surface area contributed by atoms with E-state index in [1.807, 2.05) is 0 Å². The largest absolute Gasteiger partial charge is 0.394 e. The van der Waals surface area contributed by atoms with Crippen LogP contribution in [0.4, 0.5) is 15.9 Å². The SMILES string of the molecule is Cc1nc(Cl)nc(NCc2ccccc2F)c1N. The first-order chi connectivity index (χ1) is 8.58. The maximum atomic E-state index is 13.4. The van der Waals surface area contributed by atoms with Crippen LogP contribution in [-0.4, -0.2) is 9.97 Å². The highest BCUT2D eigenvalue weighted by molar-refractivity contribution is 6.28. The van der Waals surface area contributed by atoms with E-state index in [0.29, 0.717) is 22.8 Å². The lowest BCUT2D eigenvalue weighted by Crippen LogP contribution is -2.08. The molecule has 3 N–H and O–H groups in total. The molecule has 0 aliphatic rings. The third kappa shape index (κ3) is 2.68. The summed E-state index contributed by atoms with van der Waals surface area (Å²) >= 11 is 5.74. The van der Waals surface area contributed by atoms with Gasteiger partial charge in [0.25, 0.3) is 0 Å². The van der Waals surface area contributed by atoms with Gasteiger partial charge >= 0.3 is 0 Å². The molecule has 4 nitrogen and oxygen atoms in total. The van der Waals surface area contributed by atoms with Gasteiger partial charge in [-0.1, -0.05) is 18.2 Å². The van der Waals surface area contributed by atoms with Crippen LogP contribution in [0.5, 0.6) is 0 Å². The van der Waals surface area contributed by atoms with E-state index in [2.05, 4.69) is 15.3 Å². The second kappa shape index (κ2) is 5.18. The first-order valence-corrected chi connectivity index (χ1v) is 5.72. The molecule has 0 radical (unpaired) electrons. The molecule has 1 heterocycles. The van der Waals surface area contributed by atoms with E-state index in [1.54, 1.807) is 25.1 Å². The average molecular weight is 267 g/mol. The van der Waals surface area contributed by atoms with Gasteiger partial charge in [-0.25, -0.2) is 9.37 Å². The Morgan fingerprint density at radius 3 is 2.78 bits per heavy atom. The summed E-state index contributed by atoms with van der Waals surface area (Å²) < 4.78 is 13.4. The average Bonchev–Trinajstić information content (AvgIpc) is 2.33. The van der Waals surface area contributed by atoms with Crippen molar-refractivity contribution in [2.45, 2.75) is 13.5 Å². The van der Waals surface area contributed by atoms with Crippen molar-refractivity contribution < 1.29 is 4.39 Å². The van der Waals surface area contributed by atoms with Crippen LogP contribution >= 0.6 is 11.6 Å². The molecule has 94 valence electrons. The van der Waals surface area contributed by atoms with Crippen LogP contribution in [0, 0.1) is 12.7 Å². The van der Waals surface area contributed by atoms with Gasteiger partial charge in [0, 0.05) is 12.1 Å². The Balaban J connectivity index is 2.18. The summed E-state index contributed by atoms with van der Waals surface area (Å²) in [6, 6.07) is 6.49. The van der Waals surface area contributed by atoms with Gasteiger partial charge in [-0.15, -0.1) is 0 Å². The fraction of sp³-hybridized carbons (Fsp3) is 0.167. The lowest BCUT2D eigenvalue weighted by atomic mass is 10.2. The molecule has 0 atom stereocenters. The van der Waals surface area contributed by atoms with E-state index in [-0.39, 0.29) is 17.6 Å². The number of aryl methyl sites for hydroxylation is 1. The molecule has 1 aromatic heterocycles. The summed E-state index contributed by atoms with van der Waals surface area (Å²) in [6.45, 7) is 2.01. The van der Waals surface area contributed by atoms with Crippen molar-refractivity contribution in [2.24, 2.45) is 0 Å². The standard InChI is InChI=1S/C12H12ClFN4/c1-7-10(15)11(18-12(13)17-7)16-6-8-4-2-3-5-9(8)14/h2-5H,6,15H2,1H3,(H,16,17,18). The number of nitrogens with zero attached hydrogens (tertiary/aromatic N) is 2. The van der Waals surface area contributed by atoms with Crippen molar-refractivity contribution in [3.8, 4) is 0 Å². The Morgan fingerprint density at radius 1 is 1.33 bits per heavy atom. The first-order valence-electron chi connectivity index (χ1n) is 5.35. The number of nitrogen functional groups attached to an aromatic ring is 1. The van der Waals surface area contributed by atoms with Crippen molar-refractivity contribution in [3.63, 3.8) is 0 Å². The van der Waals surface area contributed by atoms with Crippen molar-refractivity contribution in [2.75, 3.05) is 11.1 Å². The van der Waals surface area contributed by atoms with Gasteiger partial charge in [0.05, 0.1) is 11.4 Å². The van der Waals surface area contributed by atoms with Crippen LogP contribution in [0.1, 0.15) is 11.3 Å². The quantitative estimate of drug-likeness (QED) is 0.839. The first kappa shape index (κ1) is 12.6. The van der Waals surface area contributed by atoms with E-state index in [1.165, 1.54) is 6.07 Å². The van der Waals surface area contributed by atoms with Crippen molar-refractivity contribution in [3.05, 3.63) is 46.6 Å². The lowest BCUT2D eigenvalue weighted by molar-refractivity contribution is 0.613. The topological polar surface area (TPSA) is 63.8 Å². The Morgan fingerprint density at radius 2 is 2.06 bits per heavy atom. The van der Waals surface area contributed by atoms with Crippen LogP contribution < -0.4 is 11.1 Å². The second-order valence-electron chi connectivity index (χ2n) is 3.79. The molecule has 0 bridgehead atoms. The van der Waals surface area contributed by atoms with Crippen LogP contribution in [0.3, 0.4) is 0 Å². The van der Waals surface area contributed by atoms with E-state index < -0.39 is 0 Å². The second-order valence-corrected chi connectivity index (χ2v) is 4.12. The van der Waals surface area contributed by atoms with Crippen LogP contribution in [0.15, 0.2) is 24.3 Å². The molecule has 2 rings (SSSR count). The minimum absolute atomic E-state index is 0.109. The molecule has 0 amide bonds. The lowest BCUT2D eigenvalue weighted by Gasteiger charge is -2.10. The molecule has 0 aliphatic carbocycles. The monoisotopic (exact) mass is 266 g/mol. The highest BCUT2D eigenvalue weighted by Crippen LogP contribution is 2.21. The fourth-order valence-electron chi connectivity index (χ4n) is 1.50. The molecular weight excluding hydrogens is 255 g/mol. The van der Waals surface area contributed by atoms with Gasteiger partial charge in [-0.05, 0) is 24.6 Å². The third-order valence-electron chi connectivity index (χ3n) is 2.51. The predicted octanol–water partition coefficient (Wildman–Crippen LogP) is 2.77. The van der Waals surface area contributed by atoms with Gasteiger partial charge in [0.15, 0.2) is 5.82 Å². The normalized spacial score (nSPS) is 10.4. The number of nitrogens with one attached hydrogen (secondary N) is 1. The van der Waals surface area contributed by atoms with Crippen LogP contribution in [-0.2, 0) is 6.54 Å². The summed E-state index contributed by atoms with van der Waals surface area (Å²) in [5, 5.41) is 3.06. The third-order valence-corrected chi connectivity index (χ3v) is 2.68. The van der Waals surface area contributed by atoms with Crippen molar-refractivity contribution in [1.82, 2.24) is 9.97 Å². The van der Waals surface area contributed by atoms with E-state index in [0.717, 1.165) is 0 Å². The molecule has 0 aliphatic heterocycles. The molecule has 18 heavy (non-hydrogen) atoms. The molecule has 0 unspecified atom stereocenters. The number of hydrogen-bond acceptors (Lipinski definition) is 4. The molecule has 1 aromatic carbocycles. The summed E-state index contributed by atoms with van der Waals surface area (Å²) in [6.07, 6.45) is 0. The van der Waals surface area contributed by atoms with E-state index >= 15 is 0 Å². The summed E-state index contributed by atoms with van der Waals surface area (Å²) in [4.78, 5) is 7.90. The molecule has 6 heteroatoms. The van der Waals surface area contributed by atoms with Crippen LogP contribution in [0.25, 0.3) is 0 Å². The highest BCUT2D eigenvalue weighted by Gasteiger charge is 2.08. The van der Waals surface area contributed by atoms with E-state index in [9.17, 15) is 4.39 Å². The number of rotatable bonds is 3. The highest BCUT2D eigenvalue weighted by atomic mass is 35.5. The number of anilines is 2. The minimum Gasteiger partial charge on any atom is -0.394 e. The smallest absolute Gasteiger partial charge is 0.224 e. The summed E-state index contributed by atoms with van der Waals surface area (Å²) in [7, 11) is 0. The number of halogens is 2. The summed E-state index contributed by atoms with van der Waals surface area (Å²) in [5.41, 5.74) is 7.35. The fourth-order valence-corrected chi connectivity index (χ4v) is 1.71. The van der Waals surface area contributed by atoms with Gasteiger partial charge < -0.3 is 11.1 Å². The molecular formula is C12H12ClFN4. The Hall–Kier alpha value is -1.88. The van der Waals surface area contributed by atoms with Gasteiger partial charge in [0.1, 0.15) is 5.82 Å². The molecule has 0 fully saturated rings. The van der Waals surface area contributed by atoms with Crippen LogP contribution in [0.2, 0.25) is 5.28 Å². The molecule has 0 saturated heterocycles. The summed E-state index contributed by atoms with van der Waals surface area (Å²) in [5.74, 6) is 0.135. The van der Waals surface area contributed by atoms with Gasteiger partial charge in [-0.3, -0.25) is 0 Å². The van der Waals surface area contributed by atoms with Crippen molar-refractivity contribution >= 4 is 23.1 Å². The number of benzene rings is 1. The Kier molecular flexibility index (Phi) is 3.62. The van der Waals surface area contributed by atoms with Gasteiger partial charge in [-0.2, -0.15) is 4.98 Å². The zero-order valence-corrected chi connectivity index (χ0v) is 10.5. The maximum absolute atomic E-state index is 13.4. The van der Waals surface area contributed by atoms with Crippen molar-refractivity contribution in [1.29, 1.82) is 0 Å². The zero-order chi connectivity index (χ0) is 13.1. The van der Waals surface area contributed by atoms with Gasteiger partial charge in [0.2, 0.25) is 5.28 Å². The number of hydrogen-bond donors (Lipinski definition) is 2. The maximum Gasteiger partial charge on any atom is 0.224 e. The zero-order valence-electron chi connectivity index (χ0n) is 9.74. The molecule has 0 spiro atoms. The Bertz CT molecular complexity index is 574. The predicted molar refractivity (Wildman–Crippen MR) is 69.9 cm³/mol.